The standard InChI is InChI=1S/C11H12O2S/c1-7-3-5-9(6-4-7)8(2)10(14)11(12)13/h3-6,8H,1-2H3,(H,12,13). The fourth-order valence-electron chi connectivity index (χ4n) is 1.19. The molecule has 0 saturated carbocycles. The van der Waals surface area contributed by atoms with E-state index in [0.29, 0.717) is 0 Å². The molecule has 0 aliphatic heterocycles. The molecule has 1 rings (SSSR count). The molecule has 0 spiro atoms. The van der Waals surface area contributed by atoms with Crippen molar-refractivity contribution in [2.24, 2.45) is 0 Å². The van der Waals surface area contributed by atoms with Gasteiger partial charge < -0.3 is 5.11 Å². The summed E-state index contributed by atoms with van der Waals surface area (Å²) in [6, 6.07) is 7.73. The summed E-state index contributed by atoms with van der Waals surface area (Å²) in [5.74, 6) is -1.21. The van der Waals surface area contributed by atoms with Crippen LogP contribution in [-0.2, 0) is 4.79 Å². The van der Waals surface area contributed by atoms with Crippen LogP contribution in [0.1, 0.15) is 24.0 Å². The highest BCUT2D eigenvalue weighted by molar-refractivity contribution is 7.82. The van der Waals surface area contributed by atoms with Crippen LogP contribution in [0.15, 0.2) is 24.3 Å². The van der Waals surface area contributed by atoms with E-state index < -0.39 is 5.97 Å². The number of benzene rings is 1. The van der Waals surface area contributed by atoms with Crippen LogP contribution in [0.3, 0.4) is 0 Å². The molecule has 1 atom stereocenters. The van der Waals surface area contributed by atoms with Crippen molar-refractivity contribution in [2.45, 2.75) is 19.8 Å². The highest BCUT2D eigenvalue weighted by atomic mass is 32.1. The van der Waals surface area contributed by atoms with Crippen LogP contribution in [0.5, 0.6) is 0 Å². The van der Waals surface area contributed by atoms with Gasteiger partial charge in [-0.25, -0.2) is 4.79 Å². The van der Waals surface area contributed by atoms with Gasteiger partial charge in [0.2, 0.25) is 0 Å². The number of rotatable bonds is 3. The molecule has 74 valence electrons. The van der Waals surface area contributed by atoms with Gasteiger partial charge in [0, 0.05) is 5.92 Å². The van der Waals surface area contributed by atoms with E-state index >= 15 is 0 Å². The van der Waals surface area contributed by atoms with E-state index in [4.69, 9.17) is 17.3 Å². The van der Waals surface area contributed by atoms with E-state index in [1.807, 2.05) is 31.2 Å². The highest BCUT2D eigenvalue weighted by Crippen LogP contribution is 2.17. The molecule has 0 amide bonds. The molecule has 0 aliphatic carbocycles. The Morgan fingerprint density at radius 2 is 1.86 bits per heavy atom. The zero-order chi connectivity index (χ0) is 10.7. The van der Waals surface area contributed by atoms with Crippen molar-refractivity contribution < 1.29 is 9.90 Å². The summed E-state index contributed by atoms with van der Waals surface area (Å²) < 4.78 is 0. The second-order valence-corrected chi connectivity index (χ2v) is 3.74. The fourth-order valence-corrected chi connectivity index (χ4v) is 1.33. The quantitative estimate of drug-likeness (QED) is 0.776. The third kappa shape index (κ3) is 2.39. The first kappa shape index (κ1) is 10.9. The number of carbonyl (C=O) groups is 1. The largest absolute Gasteiger partial charge is 0.477 e. The molecule has 0 fully saturated rings. The number of carboxylic acids is 1. The number of aryl methyl sites for hydroxylation is 1. The van der Waals surface area contributed by atoms with E-state index in [1.165, 1.54) is 0 Å². The van der Waals surface area contributed by atoms with Gasteiger partial charge in [0.15, 0.2) is 0 Å². The number of hydrogen-bond donors (Lipinski definition) is 1. The fraction of sp³-hybridized carbons (Fsp3) is 0.273. The molecule has 0 saturated heterocycles. The zero-order valence-corrected chi connectivity index (χ0v) is 8.97. The lowest BCUT2D eigenvalue weighted by atomic mass is 9.97. The molecule has 1 aromatic rings. The van der Waals surface area contributed by atoms with Gasteiger partial charge in [0.25, 0.3) is 0 Å². The van der Waals surface area contributed by atoms with Gasteiger partial charge in [-0.2, -0.15) is 0 Å². The normalized spacial score (nSPS) is 12.1. The van der Waals surface area contributed by atoms with Crippen LogP contribution < -0.4 is 0 Å². The Labute approximate surface area is 88.6 Å². The first-order chi connectivity index (χ1) is 6.52. The Morgan fingerprint density at radius 1 is 1.36 bits per heavy atom. The minimum absolute atomic E-state index is 0.0638. The lowest BCUT2D eigenvalue weighted by molar-refractivity contribution is -0.129. The summed E-state index contributed by atoms with van der Waals surface area (Å²) >= 11 is 4.82. The minimum Gasteiger partial charge on any atom is -0.477 e. The lowest BCUT2D eigenvalue weighted by Crippen LogP contribution is -2.17. The number of aliphatic carboxylic acids is 1. The minimum atomic E-state index is -1.01. The maximum atomic E-state index is 10.6. The third-order valence-electron chi connectivity index (χ3n) is 2.18. The van der Waals surface area contributed by atoms with Gasteiger partial charge in [0.05, 0.1) is 0 Å². The summed E-state index contributed by atoms with van der Waals surface area (Å²) in [7, 11) is 0. The van der Waals surface area contributed by atoms with Gasteiger partial charge in [-0.05, 0) is 12.5 Å². The predicted molar refractivity (Wildman–Crippen MR) is 59.8 cm³/mol. The molecular weight excluding hydrogens is 196 g/mol. The van der Waals surface area contributed by atoms with E-state index in [-0.39, 0.29) is 10.8 Å². The average Bonchev–Trinajstić information content (AvgIpc) is 2.16. The van der Waals surface area contributed by atoms with E-state index in [0.717, 1.165) is 11.1 Å². The molecule has 14 heavy (non-hydrogen) atoms. The Balaban J connectivity index is 2.89. The lowest BCUT2D eigenvalue weighted by Gasteiger charge is -2.10. The molecule has 1 unspecified atom stereocenters. The molecule has 0 bridgehead atoms. The maximum Gasteiger partial charge on any atom is 0.343 e. The Hall–Kier alpha value is -1.22. The first-order valence-electron chi connectivity index (χ1n) is 4.36. The van der Waals surface area contributed by atoms with Gasteiger partial charge in [-0.15, -0.1) is 0 Å². The summed E-state index contributed by atoms with van der Waals surface area (Å²) in [5.41, 5.74) is 2.10. The van der Waals surface area contributed by atoms with Gasteiger partial charge in [0.1, 0.15) is 4.86 Å². The molecule has 2 nitrogen and oxygen atoms in total. The van der Waals surface area contributed by atoms with E-state index in [1.54, 1.807) is 6.92 Å². The van der Waals surface area contributed by atoms with Gasteiger partial charge in [-0.3, -0.25) is 0 Å². The summed E-state index contributed by atoms with van der Waals surface area (Å²) in [4.78, 5) is 10.7. The number of hydrogen-bond acceptors (Lipinski definition) is 2. The van der Waals surface area contributed by atoms with Crippen LogP contribution in [-0.4, -0.2) is 15.9 Å². The van der Waals surface area contributed by atoms with Crippen molar-refractivity contribution in [1.82, 2.24) is 0 Å². The summed E-state index contributed by atoms with van der Waals surface area (Å²) in [6.07, 6.45) is 0. The second-order valence-electron chi connectivity index (χ2n) is 3.30. The Kier molecular flexibility index (Phi) is 3.36. The van der Waals surface area contributed by atoms with Crippen LogP contribution in [0, 0.1) is 6.92 Å². The van der Waals surface area contributed by atoms with Crippen LogP contribution in [0.25, 0.3) is 0 Å². The van der Waals surface area contributed by atoms with E-state index in [9.17, 15) is 4.79 Å². The van der Waals surface area contributed by atoms with Crippen LogP contribution in [0.4, 0.5) is 0 Å². The first-order valence-corrected chi connectivity index (χ1v) is 4.77. The van der Waals surface area contributed by atoms with Gasteiger partial charge in [-0.1, -0.05) is 49.0 Å². The molecular formula is C11H12O2S. The monoisotopic (exact) mass is 208 g/mol. The zero-order valence-electron chi connectivity index (χ0n) is 8.15. The van der Waals surface area contributed by atoms with Crippen molar-refractivity contribution in [3.05, 3.63) is 35.4 Å². The van der Waals surface area contributed by atoms with Crippen molar-refractivity contribution in [3.63, 3.8) is 0 Å². The molecule has 0 aromatic heterocycles. The summed E-state index contributed by atoms with van der Waals surface area (Å²) in [6.45, 7) is 3.80. The molecule has 0 aliphatic rings. The smallest absolute Gasteiger partial charge is 0.343 e. The SMILES string of the molecule is Cc1ccc(C(C)C(=S)C(=O)O)cc1. The molecule has 1 aromatic carbocycles. The molecule has 1 N–H and O–H groups in total. The Morgan fingerprint density at radius 3 is 2.29 bits per heavy atom. The highest BCUT2D eigenvalue weighted by Gasteiger charge is 2.16. The number of thiocarbonyl (C=S) groups is 1. The second kappa shape index (κ2) is 4.33. The van der Waals surface area contributed by atoms with Crippen LogP contribution in [0.2, 0.25) is 0 Å². The third-order valence-corrected chi connectivity index (χ3v) is 2.71. The maximum absolute atomic E-state index is 10.6. The summed E-state index contributed by atoms with van der Waals surface area (Å²) in [5, 5.41) is 8.73. The Bertz CT molecular complexity index is 354. The van der Waals surface area contributed by atoms with E-state index in [2.05, 4.69) is 0 Å². The molecule has 0 heterocycles. The molecule has 3 heteroatoms. The van der Waals surface area contributed by atoms with Crippen molar-refractivity contribution in [3.8, 4) is 0 Å². The van der Waals surface area contributed by atoms with Gasteiger partial charge >= 0.3 is 5.97 Å². The predicted octanol–water partition coefficient (Wildman–Crippen LogP) is 2.55. The number of carboxylic acid groups (broad SMARTS) is 1. The van der Waals surface area contributed by atoms with Crippen molar-refractivity contribution in [1.29, 1.82) is 0 Å². The van der Waals surface area contributed by atoms with Crippen molar-refractivity contribution >= 4 is 23.1 Å². The van der Waals surface area contributed by atoms with Crippen molar-refractivity contribution in [2.75, 3.05) is 0 Å². The van der Waals surface area contributed by atoms with Crippen LogP contribution >= 0.6 is 12.2 Å². The average molecular weight is 208 g/mol. The molecule has 0 radical (unpaired) electrons. The topological polar surface area (TPSA) is 37.3 Å².